The van der Waals surface area contributed by atoms with Crippen LogP contribution in [0, 0.1) is 20.8 Å². The van der Waals surface area contributed by atoms with Crippen LogP contribution in [0.15, 0.2) is 24.8 Å². The van der Waals surface area contributed by atoms with Crippen LogP contribution in [0.4, 0.5) is 0 Å². The van der Waals surface area contributed by atoms with Crippen LogP contribution in [0.25, 0.3) is 39.3 Å². The maximum absolute atomic E-state index is 12.3. The lowest BCUT2D eigenvalue weighted by molar-refractivity contribution is -0.136. The molecule has 0 amide bonds. The van der Waals surface area contributed by atoms with Gasteiger partial charge in [-0.25, -0.2) is 9.78 Å². The molecule has 0 spiro atoms. The zero-order chi connectivity index (χ0) is 32.2. The molecule has 8 heteroatoms. The van der Waals surface area contributed by atoms with Crippen molar-refractivity contribution >= 4 is 51.2 Å². The Balaban J connectivity index is 0.000000657. The van der Waals surface area contributed by atoms with Gasteiger partial charge in [-0.3, -0.25) is 9.78 Å². The minimum Gasteiger partial charge on any atom is -0.481 e. The number of aromatic amines is 2. The number of carboxylic acid groups (broad SMARTS) is 2. The van der Waals surface area contributed by atoms with Crippen molar-refractivity contribution in [3.05, 3.63) is 75.4 Å². The van der Waals surface area contributed by atoms with Crippen molar-refractivity contribution in [2.75, 3.05) is 0 Å². The predicted octanol–water partition coefficient (Wildman–Crippen LogP) is 8.31. The van der Waals surface area contributed by atoms with E-state index in [1.54, 1.807) is 6.92 Å². The van der Waals surface area contributed by atoms with E-state index in [4.69, 9.17) is 15.1 Å². The number of aliphatic carboxylic acids is 2. The van der Waals surface area contributed by atoms with Crippen molar-refractivity contribution in [1.29, 1.82) is 0 Å². The van der Waals surface area contributed by atoms with Crippen LogP contribution in [0.2, 0.25) is 0 Å². The second kappa shape index (κ2) is 13.7. The van der Waals surface area contributed by atoms with Gasteiger partial charge in [-0.2, -0.15) is 0 Å². The average molecular weight is 585 g/mol. The van der Waals surface area contributed by atoms with Crippen LogP contribution in [0.3, 0.4) is 0 Å². The van der Waals surface area contributed by atoms with Crippen molar-refractivity contribution in [1.82, 2.24) is 19.9 Å². The Morgan fingerprint density at radius 1 is 0.930 bits per heavy atom. The van der Waals surface area contributed by atoms with Gasteiger partial charge in [0.15, 0.2) is 0 Å². The molecule has 0 aliphatic carbocycles. The molecule has 2 aliphatic rings. The summed E-state index contributed by atoms with van der Waals surface area (Å²) >= 11 is 0. The molecule has 0 unspecified atom stereocenters. The van der Waals surface area contributed by atoms with Crippen LogP contribution in [0.5, 0.6) is 0 Å². The highest BCUT2D eigenvalue weighted by atomic mass is 16.4. The second-order valence-electron chi connectivity index (χ2n) is 10.6. The van der Waals surface area contributed by atoms with Crippen LogP contribution >= 0.6 is 0 Å². The lowest BCUT2D eigenvalue weighted by Crippen LogP contribution is -2.02. The van der Waals surface area contributed by atoms with E-state index in [-0.39, 0.29) is 17.9 Å². The van der Waals surface area contributed by atoms with Crippen LogP contribution in [0.1, 0.15) is 104 Å². The molecule has 43 heavy (non-hydrogen) atoms. The fourth-order valence-corrected chi connectivity index (χ4v) is 5.50. The van der Waals surface area contributed by atoms with E-state index in [1.165, 1.54) is 11.1 Å². The topological polar surface area (TPSA) is 132 Å². The van der Waals surface area contributed by atoms with E-state index in [0.717, 1.165) is 63.0 Å². The van der Waals surface area contributed by atoms with Gasteiger partial charge in [-0.15, -0.1) is 0 Å². The number of carbonyl (C=O) groups is 2. The SMILES string of the molecule is C=Cc1c(C)c2cc3nc(c(C)c4nc(cc5[nH]c(cc1[nH]2)c(C)c5CC)C(C)=C4C(=O)O)C[C@@H]3C.CC.CCC(=O)O. The molecule has 3 aromatic rings. The lowest BCUT2D eigenvalue weighted by Gasteiger charge is -2.03. The van der Waals surface area contributed by atoms with Gasteiger partial charge in [0.25, 0.3) is 0 Å². The Kier molecular flexibility index (Phi) is 10.5. The average Bonchev–Trinajstić information content (AvgIpc) is 3.68. The first-order chi connectivity index (χ1) is 20.4. The van der Waals surface area contributed by atoms with Crippen molar-refractivity contribution in [2.45, 2.75) is 87.5 Å². The third-order valence-electron chi connectivity index (χ3n) is 8.04. The quantitative estimate of drug-likeness (QED) is 0.244. The molecular formula is C35H44N4O4. The first-order valence-electron chi connectivity index (χ1n) is 14.9. The number of hydrogen-bond donors (Lipinski definition) is 4. The monoisotopic (exact) mass is 584 g/mol. The summed E-state index contributed by atoms with van der Waals surface area (Å²) in [5.74, 6) is -1.50. The molecule has 1 atom stereocenters. The molecule has 4 N–H and O–H groups in total. The summed E-state index contributed by atoms with van der Waals surface area (Å²) < 4.78 is 0. The van der Waals surface area contributed by atoms with E-state index >= 15 is 0 Å². The highest BCUT2D eigenvalue weighted by Crippen LogP contribution is 2.35. The number of rotatable bonds is 4. The molecular weight excluding hydrogens is 540 g/mol. The minimum atomic E-state index is -0.965. The van der Waals surface area contributed by atoms with Crippen LogP contribution < -0.4 is 0 Å². The van der Waals surface area contributed by atoms with Gasteiger partial charge in [0.1, 0.15) is 0 Å². The summed E-state index contributed by atoms with van der Waals surface area (Å²) in [6, 6.07) is 6.23. The maximum Gasteiger partial charge on any atom is 0.338 e. The first kappa shape index (κ1) is 33.0. The molecule has 0 aromatic carbocycles. The summed E-state index contributed by atoms with van der Waals surface area (Å²) in [6.07, 6.45) is 3.71. The normalized spacial score (nSPS) is 13.9. The van der Waals surface area contributed by atoms with Gasteiger partial charge in [0.2, 0.25) is 0 Å². The van der Waals surface area contributed by atoms with E-state index in [0.29, 0.717) is 17.0 Å². The number of aromatic nitrogens is 4. The third kappa shape index (κ3) is 6.48. The number of aryl methyl sites for hydroxylation is 3. The van der Waals surface area contributed by atoms with Gasteiger partial charge in [-0.1, -0.05) is 47.3 Å². The van der Waals surface area contributed by atoms with Crippen LogP contribution in [-0.4, -0.2) is 42.1 Å². The second-order valence-corrected chi connectivity index (χ2v) is 10.6. The number of carboxylic acids is 2. The summed E-state index contributed by atoms with van der Waals surface area (Å²) in [6.45, 7) is 21.9. The van der Waals surface area contributed by atoms with Gasteiger partial charge >= 0.3 is 11.9 Å². The summed E-state index contributed by atoms with van der Waals surface area (Å²) in [5, 5.41) is 17.8. The predicted molar refractivity (Wildman–Crippen MR) is 176 cm³/mol. The molecule has 0 fully saturated rings. The van der Waals surface area contributed by atoms with Crippen molar-refractivity contribution < 1.29 is 19.8 Å². The Hall–Kier alpha value is -4.46. The number of fused-ring (bicyclic) bond motifs is 8. The Morgan fingerprint density at radius 3 is 2.09 bits per heavy atom. The molecule has 3 aromatic heterocycles. The van der Waals surface area contributed by atoms with E-state index in [2.05, 4.69) is 56.4 Å². The molecule has 0 saturated carbocycles. The lowest BCUT2D eigenvalue weighted by atomic mass is 9.99. The van der Waals surface area contributed by atoms with Crippen molar-refractivity contribution in [3.63, 3.8) is 0 Å². The zero-order valence-electron chi connectivity index (χ0n) is 26.8. The Morgan fingerprint density at radius 2 is 1.53 bits per heavy atom. The minimum absolute atomic E-state index is 0.211. The molecule has 228 valence electrons. The Labute approximate surface area is 253 Å². The van der Waals surface area contributed by atoms with E-state index < -0.39 is 11.9 Å². The number of nitrogens with zero attached hydrogens (tertiary/aromatic N) is 2. The van der Waals surface area contributed by atoms with Gasteiger partial charge in [0, 0.05) is 51.4 Å². The summed E-state index contributed by atoms with van der Waals surface area (Å²) in [7, 11) is 0. The van der Waals surface area contributed by atoms with Gasteiger partial charge < -0.3 is 20.2 Å². The van der Waals surface area contributed by atoms with Gasteiger partial charge in [-0.05, 0) is 86.6 Å². The number of hydrogen-bond acceptors (Lipinski definition) is 4. The number of allylic oxidation sites excluding steroid dienone is 1. The van der Waals surface area contributed by atoms with Gasteiger partial charge in [0.05, 0.1) is 17.0 Å². The van der Waals surface area contributed by atoms with Crippen molar-refractivity contribution in [2.24, 2.45) is 0 Å². The highest BCUT2D eigenvalue weighted by Gasteiger charge is 2.27. The number of H-pyrrole nitrogens is 2. The highest BCUT2D eigenvalue weighted by molar-refractivity contribution is 6.24. The molecule has 8 nitrogen and oxygen atoms in total. The summed E-state index contributed by atoms with van der Waals surface area (Å²) in [4.78, 5) is 38.7. The van der Waals surface area contributed by atoms with E-state index in [9.17, 15) is 14.7 Å². The third-order valence-corrected chi connectivity index (χ3v) is 8.04. The standard InChI is InChI=1S/C30H32N4O2.C3H6O2.C2H6/c1-8-19-15(4)23-11-21-14(3)10-22(31-21)18(7)29-28(30(35)36)17(6)25(34-29)13-27-20(9-2)16(5)24(33-27)12-26(19)32-23;1-2-3(4)5;1-2/h8,11-14,32-33H,1,9-10H2,2-7H3,(H,35,36);2H2,1H3,(H,4,5);1-2H3/t14-;;/m0../s1. The van der Waals surface area contributed by atoms with E-state index in [1.807, 2.05) is 39.8 Å². The smallest absolute Gasteiger partial charge is 0.338 e. The molecule has 5 heterocycles. The zero-order valence-corrected chi connectivity index (χ0v) is 26.8. The molecule has 0 radical (unpaired) electrons. The fraction of sp³-hybridized carbons (Fsp3) is 0.371. The largest absolute Gasteiger partial charge is 0.481 e. The Bertz CT molecular complexity index is 1770. The molecule has 2 aliphatic heterocycles. The fourth-order valence-electron chi connectivity index (χ4n) is 5.50. The molecule has 8 bridgehead atoms. The maximum atomic E-state index is 12.3. The molecule has 0 saturated heterocycles. The molecule has 5 rings (SSSR count). The summed E-state index contributed by atoms with van der Waals surface area (Å²) in [5.41, 5.74) is 13.3. The van der Waals surface area contributed by atoms with Crippen molar-refractivity contribution in [3.8, 4) is 0 Å². The van der Waals surface area contributed by atoms with Crippen LogP contribution in [-0.2, 0) is 22.4 Å². The first-order valence-corrected chi connectivity index (χ1v) is 14.9. The number of nitrogens with one attached hydrogen (secondary N) is 2.